The van der Waals surface area contributed by atoms with E-state index >= 15 is 0 Å². The van der Waals surface area contributed by atoms with Crippen molar-refractivity contribution in [2.45, 2.75) is 239 Å². The molecule has 1 atom stereocenters. The molecular weight excluding hydrogens is 841 g/mol. The molecule has 68 heavy (non-hydrogen) atoms. The molecule has 0 rings (SSSR count). The van der Waals surface area contributed by atoms with Crippen LogP contribution in [0.5, 0.6) is 0 Å². The molecule has 0 radical (unpaired) electrons. The Morgan fingerprint density at radius 1 is 0.309 bits per heavy atom. The molecule has 0 N–H and O–H groups in total. The molecule has 0 aliphatic heterocycles. The second kappa shape index (κ2) is 55.4. The van der Waals surface area contributed by atoms with Gasteiger partial charge in [0.25, 0.3) is 0 Å². The second-order valence-corrected chi connectivity index (χ2v) is 17.8. The second-order valence-electron chi connectivity index (χ2n) is 17.8. The van der Waals surface area contributed by atoms with Crippen molar-refractivity contribution in [2.24, 2.45) is 0 Å². The average Bonchev–Trinajstić information content (AvgIpc) is 3.34. The van der Waals surface area contributed by atoms with E-state index in [9.17, 15) is 14.4 Å². The van der Waals surface area contributed by atoms with Gasteiger partial charge in [-0.05, 0) is 96.3 Å². The van der Waals surface area contributed by atoms with E-state index in [0.717, 1.165) is 141 Å². The molecule has 0 heterocycles. The highest BCUT2D eigenvalue weighted by Gasteiger charge is 2.19. The van der Waals surface area contributed by atoms with E-state index < -0.39 is 6.10 Å². The number of allylic oxidation sites excluding steroid dienone is 20. The predicted octanol–water partition coefficient (Wildman–Crippen LogP) is 18.5. The molecule has 0 bridgehead atoms. The zero-order valence-corrected chi connectivity index (χ0v) is 43.8. The fourth-order valence-electron chi connectivity index (χ4n) is 7.12. The van der Waals surface area contributed by atoms with Gasteiger partial charge in [-0.1, -0.05) is 239 Å². The molecule has 0 saturated heterocycles. The van der Waals surface area contributed by atoms with Crippen LogP contribution in [-0.2, 0) is 28.6 Å². The SMILES string of the molecule is CC/C=C\C/C=C\C/C=C\C/C=C\C/C=C\C/C=C\C/C=C\C/C=C\C/C=C\C/C=C\CCCCCCC(=O)OCC(COC(=O)CCCCCCC)OC(=O)CCCCCCCCCCCC. The van der Waals surface area contributed by atoms with Crippen LogP contribution in [0.25, 0.3) is 0 Å². The maximum atomic E-state index is 12.7. The Morgan fingerprint density at radius 2 is 0.574 bits per heavy atom. The fraction of sp³-hybridized carbons (Fsp3) is 0.629. The number of ether oxygens (including phenoxy) is 3. The molecule has 0 aromatic carbocycles. The van der Waals surface area contributed by atoms with E-state index in [2.05, 4.69) is 142 Å². The maximum Gasteiger partial charge on any atom is 0.306 e. The van der Waals surface area contributed by atoms with Crippen LogP contribution >= 0.6 is 0 Å². The Morgan fingerprint density at radius 3 is 0.897 bits per heavy atom. The fourth-order valence-corrected chi connectivity index (χ4v) is 7.12. The third kappa shape index (κ3) is 52.8. The van der Waals surface area contributed by atoms with Crippen LogP contribution in [0.1, 0.15) is 233 Å². The van der Waals surface area contributed by atoms with Gasteiger partial charge in [0.2, 0.25) is 0 Å². The first-order chi connectivity index (χ1) is 33.5. The van der Waals surface area contributed by atoms with Crippen LogP contribution in [0.3, 0.4) is 0 Å². The smallest absolute Gasteiger partial charge is 0.306 e. The lowest BCUT2D eigenvalue weighted by Crippen LogP contribution is -2.30. The van der Waals surface area contributed by atoms with Crippen molar-refractivity contribution in [3.8, 4) is 0 Å². The Bertz CT molecular complexity index is 1450. The minimum absolute atomic E-state index is 0.0870. The number of hydrogen-bond acceptors (Lipinski definition) is 6. The van der Waals surface area contributed by atoms with E-state index in [1.54, 1.807) is 0 Å². The number of carbonyl (C=O) groups excluding carboxylic acids is 3. The summed E-state index contributed by atoms with van der Waals surface area (Å²) in [5.74, 6) is -0.935. The largest absolute Gasteiger partial charge is 0.462 e. The summed E-state index contributed by atoms with van der Waals surface area (Å²) in [6.45, 7) is 6.38. The maximum absolute atomic E-state index is 12.7. The Labute approximate surface area is 418 Å². The number of unbranched alkanes of at least 4 members (excludes halogenated alkanes) is 17. The predicted molar refractivity (Wildman–Crippen MR) is 293 cm³/mol. The Kier molecular flexibility index (Phi) is 52.0. The van der Waals surface area contributed by atoms with Crippen molar-refractivity contribution < 1.29 is 28.6 Å². The molecule has 0 fully saturated rings. The molecule has 6 nitrogen and oxygen atoms in total. The van der Waals surface area contributed by atoms with Gasteiger partial charge in [0.05, 0.1) is 0 Å². The normalized spacial score (nSPS) is 13.0. The lowest BCUT2D eigenvalue weighted by Gasteiger charge is -2.18. The van der Waals surface area contributed by atoms with Crippen LogP contribution in [0.4, 0.5) is 0 Å². The molecular formula is C62H100O6. The minimum atomic E-state index is -0.783. The lowest BCUT2D eigenvalue weighted by molar-refractivity contribution is -0.167. The number of carbonyl (C=O) groups is 3. The van der Waals surface area contributed by atoms with E-state index in [1.165, 1.54) is 51.4 Å². The highest BCUT2D eigenvalue weighted by atomic mass is 16.6. The van der Waals surface area contributed by atoms with Gasteiger partial charge in [-0.3, -0.25) is 14.4 Å². The van der Waals surface area contributed by atoms with Crippen molar-refractivity contribution in [2.75, 3.05) is 13.2 Å². The summed E-state index contributed by atoms with van der Waals surface area (Å²) in [7, 11) is 0. The van der Waals surface area contributed by atoms with Gasteiger partial charge >= 0.3 is 17.9 Å². The van der Waals surface area contributed by atoms with E-state index in [-0.39, 0.29) is 31.1 Å². The van der Waals surface area contributed by atoms with Gasteiger partial charge in [0, 0.05) is 19.3 Å². The standard InChI is InChI=1S/C62H100O6/c1-4-7-10-13-15-17-19-20-21-22-23-24-25-26-27-28-29-30-31-32-33-34-35-36-37-38-39-40-41-42-43-45-46-49-52-55-61(64)67-58-59(57-66-60(63)54-51-48-12-9-6-3)68-62(65)56-53-50-47-44-18-16-14-11-8-5-2/h7,10,15,17,20-21,23-24,26-27,29-30,32-33,35-36,38-39,41-42,59H,4-6,8-9,11-14,16,18-19,22,25,28,31,34,37,40,43-58H2,1-3H3/b10-7-,17-15-,21-20-,24-23-,27-26-,30-29-,33-32-,36-35-,39-38-,42-41-. The summed E-state index contributed by atoms with van der Waals surface area (Å²) in [6.07, 6.45) is 76.7. The molecule has 0 amide bonds. The van der Waals surface area contributed by atoms with Crippen molar-refractivity contribution >= 4 is 17.9 Å². The lowest BCUT2D eigenvalue weighted by atomic mass is 10.1. The van der Waals surface area contributed by atoms with Crippen LogP contribution in [0.15, 0.2) is 122 Å². The average molecular weight is 941 g/mol. The van der Waals surface area contributed by atoms with Crippen molar-refractivity contribution in [3.05, 3.63) is 122 Å². The summed E-state index contributed by atoms with van der Waals surface area (Å²) < 4.78 is 16.6. The van der Waals surface area contributed by atoms with Gasteiger partial charge in [0.1, 0.15) is 13.2 Å². The van der Waals surface area contributed by atoms with Crippen molar-refractivity contribution in [3.63, 3.8) is 0 Å². The molecule has 0 aliphatic carbocycles. The summed E-state index contributed by atoms with van der Waals surface area (Å²) in [4.78, 5) is 37.6. The topological polar surface area (TPSA) is 78.9 Å². The minimum Gasteiger partial charge on any atom is -0.462 e. The zero-order valence-electron chi connectivity index (χ0n) is 43.8. The van der Waals surface area contributed by atoms with Crippen molar-refractivity contribution in [1.29, 1.82) is 0 Å². The van der Waals surface area contributed by atoms with Crippen LogP contribution < -0.4 is 0 Å². The Balaban J connectivity index is 4.08. The van der Waals surface area contributed by atoms with E-state index in [1.807, 2.05) is 0 Å². The first kappa shape index (κ1) is 63.8. The highest BCUT2D eigenvalue weighted by Crippen LogP contribution is 2.13. The van der Waals surface area contributed by atoms with E-state index in [4.69, 9.17) is 14.2 Å². The molecule has 384 valence electrons. The van der Waals surface area contributed by atoms with Gasteiger partial charge in [0.15, 0.2) is 6.10 Å². The third-order valence-electron chi connectivity index (χ3n) is 11.2. The first-order valence-electron chi connectivity index (χ1n) is 27.5. The third-order valence-corrected chi connectivity index (χ3v) is 11.2. The Hall–Kier alpha value is -4.19. The highest BCUT2D eigenvalue weighted by molar-refractivity contribution is 5.71. The number of rotatable bonds is 48. The zero-order chi connectivity index (χ0) is 49.3. The van der Waals surface area contributed by atoms with Crippen LogP contribution in [-0.4, -0.2) is 37.2 Å². The molecule has 0 saturated carbocycles. The number of hydrogen-bond donors (Lipinski definition) is 0. The van der Waals surface area contributed by atoms with Gasteiger partial charge in [-0.15, -0.1) is 0 Å². The summed E-state index contributed by atoms with van der Waals surface area (Å²) in [5.41, 5.74) is 0. The van der Waals surface area contributed by atoms with Crippen LogP contribution in [0.2, 0.25) is 0 Å². The molecule has 0 aromatic rings. The summed E-state index contributed by atoms with van der Waals surface area (Å²) in [5, 5.41) is 0. The van der Waals surface area contributed by atoms with Crippen molar-refractivity contribution in [1.82, 2.24) is 0 Å². The molecule has 0 aromatic heterocycles. The van der Waals surface area contributed by atoms with Gasteiger partial charge in [-0.2, -0.15) is 0 Å². The molecule has 0 aliphatic rings. The molecule has 1 unspecified atom stereocenters. The molecule has 6 heteroatoms. The van der Waals surface area contributed by atoms with Gasteiger partial charge in [-0.25, -0.2) is 0 Å². The number of esters is 3. The monoisotopic (exact) mass is 941 g/mol. The summed E-state index contributed by atoms with van der Waals surface area (Å²) >= 11 is 0. The van der Waals surface area contributed by atoms with Crippen LogP contribution in [0, 0.1) is 0 Å². The molecule has 0 spiro atoms. The quantitative estimate of drug-likeness (QED) is 0.0262. The van der Waals surface area contributed by atoms with Gasteiger partial charge < -0.3 is 14.2 Å². The summed E-state index contributed by atoms with van der Waals surface area (Å²) in [6, 6.07) is 0. The first-order valence-corrected chi connectivity index (χ1v) is 27.5. The van der Waals surface area contributed by atoms with E-state index in [0.29, 0.717) is 19.3 Å².